The highest BCUT2D eigenvalue weighted by molar-refractivity contribution is 6.30. The van der Waals surface area contributed by atoms with Crippen molar-refractivity contribution < 1.29 is 23.1 Å². The number of nitrogens with zero attached hydrogens (tertiary/aromatic N) is 3. The Morgan fingerprint density at radius 3 is 2.68 bits per heavy atom. The summed E-state index contributed by atoms with van der Waals surface area (Å²) in [5.74, 6) is -4.46. The van der Waals surface area contributed by atoms with Crippen molar-refractivity contribution in [2.24, 2.45) is 11.7 Å². The smallest absolute Gasteiger partial charge is 0.274 e. The maximum atomic E-state index is 14.4. The molecule has 3 heterocycles. The van der Waals surface area contributed by atoms with Crippen LogP contribution >= 0.6 is 11.6 Å². The fourth-order valence-electron chi connectivity index (χ4n) is 3.92. The van der Waals surface area contributed by atoms with E-state index in [1.165, 1.54) is 6.20 Å². The summed E-state index contributed by atoms with van der Waals surface area (Å²) in [6, 6.07) is 5.46. The van der Waals surface area contributed by atoms with Gasteiger partial charge in [-0.25, -0.2) is 18.2 Å². The largest absolute Gasteiger partial charge is 0.391 e. The highest BCUT2D eigenvalue weighted by Gasteiger charge is 2.32. The summed E-state index contributed by atoms with van der Waals surface area (Å²) in [4.78, 5) is 22.8. The fourth-order valence-corrected chi connectivity index (χ4v) is 4.07. The number of carbonyl (C=O) groups is 1. The van der Waals surface area contributed by atoms with E-state index >= 15 is 0 Å². The molecule has 1 amide bonds. The summed E-state index contributed by atoms with van der Waals surface area (Å²) in [5, 5.41) is 12.4. The molecule has 7 nitrogen and oxygen atoms in total. The fraction of sp³-hybridized carbons (Fsp3) is 0.261. The quantitative estimate of drug-likeness (QED) is 0.482. The average molecular weight is 492 g/mol. The zero-order chi connectivity index (χ0) is 24.6. The Kier molecular flexibility index (Phi) is 6.74. The number of nitrogens with one attached hydrogen (secondary N) is 1. The zero-order valence-electron chi connectivity index (χ0n) is 18.0. The number of pyridine rings is 2. The third-order valence-electron chi connectivity index (χ3n) is 5.72. The van der Waals surface area contributed by atoms with Gasteiger partial charge in [-0.3, -0.25) is 9.78 Å². The van der Waals surface area contributed by atoms with Gasteiger partial charge in [0.15, 0.2) is 11.6 Å². The van der Waals surface area contributed by atoms with Crippen LogP contribution in [0.3, 0.4) is 0 Å². The van der Waals surface area contributed by atoms with Crippen molar-refractivity contribution in [2.75, 3.05) is 23.3 Å². The van der Waals surface area contributed by atoms with Crippen LogP contribution in [-0.4, -0.2) is 46.2 Å². The van der Waals surface area contributed by atoms with Gasteiger partial charge in [0.05, 0.1) is 28.7 Å². The Hall–Kier alpha value is -3.21. The standard InChI is InChI=1S/C23H21ClF3N5O2/c1-11-9-32(10-15(28)22(11)33)18-6-7-29-8-17(18)31-23(34)16-5-4-14(25)21(30-16)12-2-3-13(24)20(27)19(12)26/h2-8,11,15,22,33H,9-10,28H2,1H3,(H,31,34)/t11-,15+,22+/m0/s1. The minimum absolute atomic E-state index is 0.101. The molecule has 1 aliphatic rings. The van der Waals surface area contributed by atoms with E-state index in [0.29, 0.717) is 24.5 Å². The monoisotopic (exact) mass is 491 g/mol. The lowest BCUT2D eigenvalue weighted by Gasteiger charge is -2.40. The van der Waals surface area contributed by atoms with Crippen molar-refractivity contribution in [3.05, 3.63) is 70.9 Å². The van der Waals surface area contributed by atoms with Crippen LogP contribution in [0.4, 0.5) is 24.5 Å². The molecular formula is C23H21ClF3N5O2. The number of amides is 1. The minimum atomic E-state index is -1.37. The average Bonchev–Trinajstić information content (AvgIpc) is 2.82. The molecule has 4 rings (SSSR count). The number of benzene rings is 1. The van der Waals surface area contributed by atoms with E-state index in [-0.39, 0.29) is 11.6 Å². The molecule has 0 aliphatic carbocycles. The maximum Gasteiger partial charge on any atom is 0.274 e. The highest BCUT2D eigenvalue weighted by Crippen LogP contribution is 2.31. The van der Waals surface area contributed by atoms with Crippen LogP contribution in [0, 0.1) is 23.4 Å². The molecule has 4 N–H and O–H groups in total. The lowest BCUT2D eigenvalue weighted by atomic mass is 9.92. The Balaban J connectivity index is 1.63. The number of aliphatic hydroxyl groups is 1. The third kappa shape index (κ3) is 4.56. The Morgan fingerprint density at radius 2 is 1.94 bits per heavy atom. The van der Waals surface area contributed by atoms with Crippen LogP contribution in [0.5, 0.6) is 0 Å². The van der Waals surface area contributed by atoms with Crippen LogP contribution in [0.25, 0.3) is 11.3 Å². The summed E-state index contributed by atoms with van der Waals surface area (Å²) in [5.41, 5.74) is 5.81. The molecule has 3 atom stereocenters. The van der Waals surface area contributed by atoms with Gasteiger partial charge in [-0.05, 0) is 30.3 Å². The van der Waals surface area contributed by atoms with Crippen LogP contribution in [-0.2, 0) is 0 Å². The van der Waals surface area contributed by atoms with Crippen molar-refractivity contribution in [2.45, 2.75) is 19.1 Å². The summed E-state index contributed by atoms with van der Waals surface area (Å²) in [6.07, 6.45) is 2.35. The van der Waals surface area contributed by atoms with Crippen LogP contribution in [0.1, 0.15) is 17.4 Å². The number of anilines is 2. The number of hydrogen-bond donors (Lipinski definition) is 3. The van der Waals surface area contributed by atoms with E-state index in [1.54, 1.807) is 12.3 Å². The summed E-state index contributed by atoms with van der Waals surface area (Å²) >= 11 is 5.57. The molecule has 0 unspecified atom stereocenters. The lowest BCUT2D eigenvalue weighted by Crippen LogP contribution is -2.55. The molecule has 34 heavy (non-hydrogen) atoms. The lowest BCUT2D eigenvalue weighted by molar-refractivity contribution is 0.0785. The van der Waals surface area contributed by atoms with E-state index in [1.807, 2.05) is 11.8 Å². The summed E-state index contributed by atoms with van der Waals surface area (Å²) in [7, 11) is 0. The second kappa shape index (κ2) is 9.57. The van der Waals surface area contributed by atoms with Gasteiger partial charge < -0.3 is 21.1 Å². The normalized spacial score (nSPS) is 20.3. The molecule has 0 saturated carbocycles. The van der Waals surface area contributed by atoms with E-state index in [4.69, 9.17) is 17.3 Å². The van der Waals surface area contributed by atoms with Gasteiger partial charge in [0.2, 0.25) is 0 Å². The summed E-state index contributed by atoms with van der Waals surface area (Å²) in [6.45, 7) is 2.74. The number of aliphatic hydroxyl groups excluding tert-OH is 1. The predicted molar refractivity (Wildman–Crippen MR) is 122 cm³/mol. The molecule has 2 aromatic heterocycles. The Bertz CT molecular complexity index is 1230. The van der Waals surface area contributed by atoms with Crippen molar-refractivity contribution >= 4 is 28.9 Å². The SMILES string of the molecule is C[C@H]1CN(c2ccncc2NC(=O)c2ccc(F)c(-c3ccc(Cl)c(F)c3F)n2)C[C@@H](N)[C@@H]1O. The molecule has 0 bridgehead atoms. The Labute approximate surface area is 198 Å². The molecule has 1 aromatic carbocycles. The van der Waals surface area contributed by atoms with Crippen LogP contribution < -0.4 is 16.0 Å². The molecule has 0 radical (unpaired) electrons. The maximum absolute atomic E-state index is 14.4. The highest BCUT2D eigenvalue weighted by atomic mass is 35.5. The second-order valence-electron chi connectivity index (χ2n) is 8.13. The van der Waals surface area contributed by atoms with Gasteiger partial charge in [-0.15, -0.1) is 0 Å². The number of aromatic nitrogens is 2. The third-order valence-corrected chi connectivity index (χ3v) is 6.01. The van der Waals surface area contributed by atoms with Crippen molar-refractivity contribution in [3.63, 3.8) is 0 Å². The minimum Gasteiger partial charge on any atom is -0.391 e. The van der Waals surface area contributed by atoms with Gasteiger partial charge in [0.25, 0.3) is 5.91 Å². The number of halogens is 4. The first kappa shape index (κ1) is 23.9. The molecule has 1 aliphatic heterocycles. The first-order chi connectivity index (χ1) is 16.2. The van der Waals surface area contributed by atoms with Crippen molar-refractivity contribution in [3.8, 4) is 11.3 Å². The van der Waals surface area contributed by atoms with Gasteiger partial charge in [-0.1, -0.05) is 18.5 Å². The van der Waals surface area contributed by atoms with E-state index < -0.39 is 51.8 Å². The molecule has 0 spiro atoms. The molecule has 1 fully saturated rings. The topological polar surface area (TPSA) is 104 Å². The second-order valence-corrected chi connectivity index (χ2v) is 8.54. The van der Waals surface area contributed by atoms with Gasteiger partial charge in [0.1, 0.15) is 17.2 Å². The van der Waals surface area contributed by atoms with Gasteiger partial charge in [-0.2, -0.15) is 0 Å². The molecule has 11 heteroatoms. The first-order valence-electron chi connectivity index (χ1n) is 10.4. The Morgan fingerprint density at radius 1 is 1.18 bits per heavy atom. The first-order valence-corrected chi connectivity index (χ1v) is 10.8. The number of piperidine rings is 1. The molecule has 1 saturated heterocycles. The van der Waals surface area contributed by atoms with Gasteiger partial charge >= 0.3 is 0 Å². The van der Waals surface area contributed by atoms with Crippen LogP contribution in [0.15, 0.2) is 42.7 Å². The van der Waals surface area contributed by atoms with E-state index in [9.17, 15) is 23.1 Å². The van der Waals surface area contributed by atoms with E-state index in [2.05, 4.69) is 15.3 Å². The van der Waals surface area contributed by atoms with Gasteiger partial charge in [0, 0.05) is 36.8 Å². The van der Waals surface area contributed by atoms with E-state index in [0.717, 1.165) is 24.3 Å². The molecule has 3 aromatic rings. The number of hydrogen-bond acceptors (Lipinski definition) is 6. The number of carbonyl (C=O) groups excluding carboxylic acids is 1. The predicted octanol–water partition coefficient (Wildman–Crippen LogP) is 3.61. The summed E-state index contributed by atoms with van der Waals surface area (Å²) < 4.78 is 42.6. The molecular weight excluding hydrogens is 471 g/mol. The molecule has 178 valence electrons. The van der Waals surface area contributed by atoms with Crippen LogP contribution in [0.2, 0.25) is 5.02 Å². The van der Waals surface area contributed by atoms with Crippen molar-refractivity contribution in [1.82, 2.24) is 9.97 Å². The number of rotatable bonds is 4. The zero-order valence-corrected chi connectivity index (χ0v) is 18.7. The number of nitrogens with two attached hydrogens (primary N) is 1. The van der Waals surface area contributed by atoms with Crippen molar-refractivity contribution in [1.29, 1.82) is 0 Å².